The summed E-state index contributed by atoms with van der Waals surface area (Å²) in [5.74, 6) is -0.658. The van der Waals surface area contributed by atoms with Crippen molar-refractivity contribution >= 4 is 11.6 Å². The molecular weight excluding hydrogens is 395 g/mol. The van der Waals surface area contributed by atoms with Crippen molar-refractivity contribution < 1.29 is 13.9 Å². The average molecular weight is 427 g/mol. The fourth-order valence-electron chi connectivity index (χ4n) is 4.93. The van der Waals surface area contributed by atoms with Crippen molar-refractivity contribution in [2.75, 3.05) is 18.5 Å². The van der Waals surface area contributed by atoms with E-state index in [1.807, 2.05) is 10.7 Å². The lowest BCUT2D eigenvalue weighted by Crippen LogP contribution is -2.25. The Balaban J connectivity index is 1.59. The minimum atomic E-state index is -0.775. The van der Waals surface area contributed by atoms with Gasteiger partial charge in [0, 0.05) is 18.4 Å². The number of hydrogen-bond acceptors (Lipinski definition) is 4. The minimum Gasteiger partial charge on any atom is -0.379 e. The molecule has 31 heavy (non-hydrogen) atoms. The van der Waals surface area contributed by atoms with Crippen molar-refractivity contribution in [2.45, 2.75) is 64.8 Å². The molecule has 6 nitrogen and oxygen atoms in total. The molecule has 3 N–H and O–H groups in total. The molecule has 0 spiro atoms. The number of fused-ring (bicyclic) bond motifs is 1. The van der Waals surface area contributed by atoms with Crippen LogP contribution in [-0.2, 0) is 24.0 Å². The molecule has 2 aliphatic carbocycles. The number of benzene rings is 1. The molecule has 2 aromatic rings. The Kier molecular flexibility index (Phi) is 5.04. The van der Waals surface area contributed by atoms with E-state index in [1.54, 1.807) is 0 Å². The topological polar surface area (TPSA) is 82.2 Å². The summed E-state index contributed by atoms with van der Waals surface area (Å²) in [7, 11) is 0. The van der Waals surface area contributed by atoms with Gasteiger partial charge in [-0.05, 0) is 67.9 Å². The fraction of sp³-hybridized carbons (Fsp3) is 0.583. The summed E-state index contributed by atoms with van der Waals surface area (Å²) in [4.78, 5) is 12.0. The van der Waals surface area contributed by atoms with Gasteiger partial charge in [-0.1, -0.05) is 13.8 Å². The highest BCUT2D eigenvalue weighted by atomic mass is 19.1. The number of amides is 1. The summed E-state index contributed by atoms with van der Waals surface area (Å²) >= 11 is 0. The Bertz CT molecular complexity index is 1020. The fourth-order valence-corrected chi connectivity index (χ4v) is 4.93. The second-order valence-electron chi connectivity index (χ2n) is 10.2. The first-order valence-corrected chi connectivity index (χ1v) is 11.4. The molecule has 1 aromatic heterocycles. The SMILES string of the molecule is CC1(C)CCc2c(CC3CC3)nn(-c3cc(F)c(C(N)=O)c(N[C@H]4CCOC4)c3)c2C1. The highest BCUT2D eigenvalue weighted by molar-refractivity contribution is 5.99. The lowest BCUT2D eigenvalue weighted by atomic mass is 9.76. The third-order valence-electron chi connectivity index (χ3n) is 6.91. The van der Waals surface area contributed by atoms with Crippen LogP contribution >= 0.6 is 0 Å². The zero-order chi connectivity index (χ0) is 21.8. The number of nitrogens with zero attached hydrogens (tertiary/aromatic N) is 2. The van der Waals surface area contributed by atoms with Gasteiger partial charge in [0.15, 0.2) is 0 Å². The first-order chi connectivity index (χ1) is 14.8. The molecule has 1 aliphatic heterocycles. The maximum atomic E-state index is 15.1. The summed E-state index contributed by atoms with van der Waals surface area (Å²) in [6.07, 6.45) is 7.39. The second kappa shape index (κ2) is 7.62. The van der Waals surface area contributed by atoms with E-state index in [0.717, 1.165) is 43.7 Å². The summed E-state index contributed by atoms with van der Waals surface area (Å²) in [6.45, 7) is 5.73. The Labute approximate surface area is 182 Å². The molecule has 0 bridgehead atoms. The number of halogens is 1. The summed E-state index contributed by atoms with van der Waals surface area (Å²) in [5.41, 5.74) is 10.3. The van der Waals surface area contributed by atoms with E-state index in [-0.39, 0.29) is 17.0 Å². The quantitative estimate of drug-likeness (QED) is 0.737. The van der Waals surface area contributed by atoms with Gasteiger partial charge < -0.3 is 15.8 Å². The molecular formula is C24H31FN4O2. The van der Waals surface area contributed by atoms with Crippen LogP contribution < -0.4 is 11.1 Å². The predicted molar refractivity (Wildman–Crippen MR) is 117 cm³/mol. The zero-order valence-corrected chi connectivity index (χ0v) is 18.3. The van der Waals surface area contributed by atoms with E-state index in [9.17, 15) is 4.79 Å². The molecule has 166 valence electrons. The van der Waals surface area contributed by atoms with E-state index < -0.39 is 11.7 Å². The molecule has 1 atom stereocenters. The van der Waals surface area contributed by atoms with Gasteiger partial charge in [0.25, 0.3) is 5.91 Å². The number of anilines is 1. The van der Waals surface area contributed by atoms with Crippen LogP contribution in [0, 0.1) is 17.2 Å². The Hall–Kier alpha value is -2.41. The van der Waals surface area contributed by atoms with Gasteiger partial charge in [0.05, 0.1) is 35.3 Å². The first-order valence-electron chi connectivity index (χ1n) is 11.4. The molecule has 2 heterocycles. The van der Waals surface area contributed by atoms with Gasteiger partial charge in [-0.25, -0.2) is 9.07 Å². The Morgan fingerprint density at radius 3 is 2.84 bits per heavy atom. The van der Waals surface area contributed by atoms with Crippen molar-refractivity contribution in [3.05, 3.63) is 40.5 Å². The van der Waals surface area contributed by atoms with Crippen LogP contribution in [0.25, 0.3) is 5.69 Å². The molecule has 1 amide bonds. The van der Waals surface area contributed by atoms with Gasteiger partial charge in [-0.3, -0.25) is 4.79 Å². The standard InChI is InChI=1S/C24H31FN4O2/c1-24(2)7-5-17-19(9-14-3-4-14)28-29(21(17)12-24)16-10-18(25)22(23(26)30)20(11-16)27-15-6-8-31-13-15/h10-11,14-15,27H,3-9,12-13H2,1-2H3,(H2,26,30)/t15-/m0/s1. The number of aromatic nitrogens is 2. The van der Waals surface area contributed by atoms with Crippen LogP contribution in [0.4, 0.5) is 10.1 Å². The highest BCUT2D eigenvalue weighted by Gasteiger charge is 2.34. The monoisotopic (exact) mass is 426 g/mol. The van der Waals surface area contributed by atoms with Gasteiger partial charge in [-0.15, -0.1) is 0 Å². The number of carbonyl (C=O) groups excluding carboxylic acids is 1. The van der Waals surface area contributed by atoms with Crippen molar-refractivity contribution in [1.82, 2.24) is 9.78 Å². The number of nitrogens with one attached hydrogen (secondary N) is 1. The molecule has 0 unspecified atom stereocenters. The molecule has 0 radical (unpaired) electrons. The number of rotatable bonds is 6. The number of nitrogens with two attached hydrogens (primary N) is 1. The Morgan fingerprint density at radius 2 is 2.16 bits per heavy atom. The molecule has 1 saturated carbocycles. The third-order valence-corrected chi connectivity index (χ3v) is 6.91. The zero-order valence-electron chi connectivity index (χ0n) is 18.3. The molecule has 7 heteroatoms. The molecule has 1 aromatic carbocycles. The number of ether oxygens (including phenoxy) is 1. The van der Waals surface area contributed by atoms with Gasteiger partial charge in [-0.2, -0.15) is 5.10 Å². The molecule has 3 aliphatic rings. The van der Waals surface area contributed by atoms with E-state index in [1.165, 1.54) is 30.2 Å². The highest BCUT2D eigenvalue weighted by Crippen LogP contribution is 2.40. The largest absolute Gasteiger partial charge is 0.379 e. The van der Waals surface area contributed by atoms with E-state index >= 15 is 4.39 Å². The molecule has 2 fully saturated rings. The molecule has 5 rings (SSSR count). The first kappa shape index (κ1) is 20.5. The number of carbonyl (C=O) groups is 1. The van der Waals surface area contributed by atoms with Crippen molar-refractivity contribution in [2.24, 2.45) is 17.1 Å². The van der Waals surface area contributed by atoms with E-state index in [0.29, 0.717) is 24.6 Å². The predicted octanol–water partition coefficient (Wildman–Crippen LogP) is 3.78. The third kappa shape index (κ3) is 4.07. The Morgan fingerprint density at radius 1 is 1.35 bits per heavy atom. The van der Waals surface area contributed by atoms with Crippen molar-refractivity contribution in [1.29, 1.82) is 0 Å². The summed E-state index contributed by atoms with van der Waals surface area (Å²) in [5, 5.41) is 8.26. The van der Waals surface area contributed by atoms with Crippen LogP contribution in [-0.4, -0.2) is 34.9 Å². The van der Waals surface area contributed by atoms with E-state index in [2.05, 4.69) is 19.2 Å². The average Bonchev–Trinajstić information content (AvgIpc) is 3.23. The second-order valence-corrected chi connectivity index (χ2v) is 10.2. The van der Waals surface area contributed by atoms with Crippen LogP contribution in [0.3, 0.4) is 0 Å². The lowest BCUT2D eigenvalue weighted by Gasteiger charge is -2.30. The van der Waals surface area contributed by atoms with Crippen LogP contribution in [0.2, 0.25) is 0 Å². The lowest BCUT2D eigenvalue weighted by molar-refractivity contribution is 0.0997. The van der Waals surface area contributed by atoms with Crippen molar-refractivity contribution in [3.8, 4) is 5.69 Å². The van der Waals surface area contributed by atoms with E-state index in [4.69, 9.17) is 15.6 Å². The van der Waals surface area contributed by atoms with Gasteiger partial charge in [0.2, 0.25) is 0 Å². The summed E-state index contributed by atoms with van der Waals surface area (Å²) < 4.78 is 22.5. The van der Waals surface area contributed by atoms with Gasteiger partial charge in [0.1, 0.15) is 5.82 Å². The maximum absolute atomic E-state index is 15.1. The summed E-state index contributed by atoms with van der Waals surface area (Å²) in [6, 6.07) is 3.24. The number of primary amides is 1. The van der Waals surface area contributed by atoms with Crippen LogP contribution in [0.15, 0.2) is 12.1 Å². The number of hydrogen-bond donors (Lipinski definition) is 2. The normalized spacial score (nSPS) is 22.4. The van der Waals surface area contributed by atoms with Crippen LogP contribution in [0.5, 0.6) is 0 Å². The molecule has 1 saturated heterocycles. The van der Waals surface area contributed by atoms with Crippen LogP contribution in [0.1, 0.15) is 66.8 Å². The smallest absolute Gasteiger partial charge is 0.253 e. The van der Waals surface area contributed by atoms with Gasteiger partial charge >= 0.3 is 0 Å². The van der Waals surface area contributed by atoms with Crippen molar-refractivity contribution in [3.63, 3.8) is 0 Å². The minimum absolute atomic E-state index is 0.0312. The maximum Gasteiger partial charge on any atom is 0.253 e.